The Kier molecular flexibility index (Phi) is 5.43. The lowest BCUT2D eigenvalue weighted by molar-refractivity contribution is -0.00257. The molecule has 0 saturated carbocycles. The normalized spacial score (nSPS) is 18.1. The van der Waals surface area contributed by atoms with Crippen molar-refractivity contribution in [3.63, 3.8) is 0 Å². The van der Waals surface area contributed by atoms with Crippen LogP contribution in [-0.4, -0.2) is 47.8 Å². The summed E-state index contributed by atoms with van der Waals surface area (Å²) in [5, 5.41) is 4.94. The summed E-state index contributed by atoms with van der Waals surface area (Å²) in [6.07, 6.45) is 6.03. The Labute approximate surface area is 177 Å². The highest BCUT2D eigenvalue weighted by molar-refractivity contribution is 5.67. The van der Waals surface area contributed by atoms with Gasteiger partial charge in [0.25, 0.3) is 0 Å². The minimum atomic E-state index is 0.272. The van der Waals surface area contributed by atoms with Crippen LogP contribution in [-0.2, 0) is 11.3 Å². The first kappa shape index (κ1) is 19.2. The van der Waals surface area contributed by atoms with Gasteiger partial charge in [-0.15, -0.1) is 0 Å². The Morgan fingerprint density at radius 3 is 2.77 bits per heavy atom. The fourth-order valence-corrected chi connectivity index (χ4v) is 4.18. The highest BCUT2D eigenvalue weighted by Crippen LogP contribution is 2.36. The Bertz CT molecular complexity index is 996. The topological polar surface area (TPSA) is 48.8 Å². The summed E-state index contributed by atoms with van der Waals surface area (Å²) in [6, 6.07) is 16.3. The van der Waals surface area contributed by atoms with Crippen molar-refractivity contribution in [3.8, 4) is 28.4 Å². The molecule has 30 heavy (non-hydrogen) atoms. The molecule has 6 heteroatoms. The Morgan fingerprint density at radius 2 is 1.93 bits per heavy atom. The molecule has 2 aliphatic heterocycles. The van der Waals surface area contributed by atoms with Crippen LogP contribution in [0.25, 0.3) is 16.9 Å². The number of nitrogens with zero attached hydrogens (tertiary/aromatic N) is 3. The highest BCUT2D eigenvalue weighted by Gasteiger charge is 2.21. The van der Waals surface area contributed by atoms with Crippen LogP contribution in [0.2, 0.25) is 0 Å². The molecule has 0 bridgehead atoms. The molecule has 2 aromatic carbocycles. The van der Waals surface area contributed by atoms with Gasteiger partial charge >= 0.3 is 0 Å². The molecule has 0 spiro atoms. The Balaban J connectivity index is 1.44. The lowest BCUT2D eigenvalue weighted by Gasteiger charge is -2.27. The van der Waals surface area contributed by atoms with Crippen LogP contribution < -0.4 is 9.47 Å². The Hall–Kier alpha value is -2.83. The molecule has 156 valence electrons. The van der Waals surface area contributed by atoms with Crippen LogP contribution in [0.15, 0.2) is 54.7 Å². The molecule has 1 aromatic heterocycles. The third kappa shape index (κ3) is 4.06. The molecule has 3 aromatic rings. The zero-order chi connectivity index (χ0) is 20.3. The smallest absolute Gasteiger partial charge is 0.231 e. The zero-order valence-electron chi connectivity index (χ0n) is 17.3. The average Bonchev–Trinajstić information content (AvgIpc) is 3.41. The SMILES string of the molecule is CN(Cc1cn(-c2ccccc2)nc1-c1ccc2c(c1)OCO2)CC1CCCCO1. The molecule has 1 atom stereocenters. The number of ether oxygens (including phenoxy) is 3. The zero-order valence-corrected chi connectivity index (χ0v) is 17.3. The van der Waals surface area contributed by atoms with Gasteiger partial charge < -0.3 is 14.2 Å². The van der Waals surface area contributed by atoms with E-state index in [1.165, 1.54) is 18.4 Å². The summed E-state index contributed by atoms with van der Waals surface area (Å²) in [6.45, 7) is 2.88. The van der Waals surface area contributed by atoms with Gasteiger partial charge in [-0.05, 0) is 56.6 Å². The molecule has 6 nitrogen and oxygen atoms in total. The number of fused-ring (bicyclic) bond motifs is 1. The molecular formula is C24H27N3O3. The van der Waals surface area contributed by atoms with Crippen molar-refractivity contribution in [1.82, 2.24) is 14.7 Å². The van der Waals surface area contributed by atoms with E-state index in [0.29, 0.717) is 6.10 Å². The third-order valence-electron chi connectivity index (χ3n) is 5.69. The van der Waals surface area contributed by atoms with Crippen molar-refractivity contribution in [2.75, 3.05) is 27.0 Å². The maximum Gasteiger partial charge on any atom is 0.231 e. The average molecular weight is 405 g/mol. The second-order valence-electron chi connectivity index (χ2n) is 8.04. The van der Waals surface area contributed by atoms with E-state index in [9.17, 15) is 0 Å². The predicted molar refractivity (Wildman–Crippen MR) is 115 cm³/mol. The van der Waals surface area contributed by atoms with Gasteiger partial charge in [0.2, 0.25) is 6.79 Å². The fourth-order valence-electron chi connectivity index (χ4n) is 4.18. The monoisotopic (exact) mass is 405 g/mol. The summed E-state index contributed by atoms with van der Waals surface area (Å²) in [5.41, 5.74) is 4.22. The largest absolute Gasteiger partial charge is 0.454 e. The minimum absolute atomic E-state index is 0.272. The van der Waals surface area contributed by atoms with Crippen LogP contribution in [0.3, 0.4) is 0 Å². The van der Waals surface area contributed by atoms with Gasteiger partial charge in [0.15, 0.2) is 11.5 Å². The van der Waals surface area contributed by atoms with Gasteiger partial charge in [0.1, 0.15) is 0 Å². The van der Waals surface area contributed by atoms with Crippen LogP contribution >= 0.6 is 0 Å². The Morgan fingerprint density at radius 1 is 1.07 bits per heavy atom. The van der Waals surface area contributed by atoms with Gasteiger partial charge in [-0.1, -0.05) is 18.2 Å². The van der Waals surface area contributed by atoms with E-state index >= 15 is 0 Å². The van der Waals surface area contributed by atoms with E-state index < -0.39 is 0 Å². The summed E-state index contributed by atoms with van der Waals surface area (Å²) in [7, 11) is 2.15. The van der Waals surface area contributed by atoms with E-state index in [1.54, 1.807) is 0 Å². The van der Waals surface area contributed by atoms with Crippen molar-refractivity contribution in [2.45, 2.75) is 31.9 Å². The third-order valence-corrected chi connectivity index (χ3v) is 5.69. The first-order chi connectivity index (χ1) is 14.8. The number of benzene rings is 2. The number of aromatic nitrogens is 2. The van der Waals surface area contributed by atoms with Crippen LogP contribution in [0.1, 0.15) is 24.8 Å². The fraction of sp³-hybridized carbons (Fsp3) is 0.375. The molecule has 0 aliphatic carbocycles. The molecule has 0 radical (unpaired) electrons. The lowest BCUT2D eigenvalue weighted by Crippen LogP contribution is -2.33. The van der Waals surface area contributed by atoms with E-state index in [1.807, 2.05) is 35.0 Å². The number of rotatable bonds is 6. The van der Waals surface area contributed by atoms with Gasteiger partial charge in [-0.2, -0.15) is 5.10 Å². The second-order valence-corrected chi connectivity index (χ2v) is 8.04. The van der Waals surface area contributed by atoms with Crippen molar-refractivity contribution in [3.05, 3.63) is 60.3 Å². The lowest BCUT2D eigenvalue weighted by atomic mass is 10.1. The molecule has 3 heterocycles. The van der Waals surface area contributed by atoms with E-state index in [0.717, 1.165) is 54.6 Å². The van der Waals surface area contributed by atoms with Gasteiger partial charge in [0, 0.05) is 37.0 Å². The minimum Gasteiger partial charge on any atom is -0.454 e. The summed E-state index contributed by atoms with van der Waals surface area (Å²) < 4.78 is 19.0. The summed E-state index contributed by atoms with van der Waals surface area (Å²) in [4.78, 5) is 2.33. The van der Waals surface area contributed by atoms with E-state index in [4.69, 9.17) is 19.3 Å². The number of para-hydroxylation sites is 1. The number of hydrogen-bond acceptors (Lipinski definition) is 5. The molecular weight excluding hydrogens is 378 g/mol. The summed E-state index contributed by atoms with van der Waals surface area (Å²) >= 11 is 0. The first-order valence-corrected chi connectivity index (χ1v) is 10.6. The van der Waals surface area contributed by atoms with Crippen molar-refractivity contribution in [2.24, 2.45) is 0 Å². The standard InChI is InChI=1S/C24H27N3O3/c1-26(16-21-9-5-6-12-28-21)14-19-15-27(20-7-3-2-4-8-20)25-24(19)18-10-11-22-23(13-18)30-17-29-22/h2-4,7-8,10-11,13,15,21H,5-6,9,12,14,16-17H2,1H3. The molecule has 0 N–H and O–H groups in total. The van der Waals surface area contributed by atoms with Gasteiger partial charge in [0.05, 0.1) is 17.5 Å². The molecule has 5 rings (SSSR count). The van der Waals surface area contributed by atoms with E-state index in [2.05, 4.69) is 36.3 Å². The maximum absolute atomic E-state index is 5.93. The van der Waals surface area contributed by atoms with Crippen LogP contribution in [0.5, 0.6) is 11.5 Å². The first-order valence-electron chi connectivity index (χ1n) is 10.6. The molecule has 2 aliphatic rings. The highest BCUT2D eigenvalue weighted by atomic mass is 16.7. The van der Waals surface area contributed by atoms with Crippen molar-refractivity contribution in [1.29, 1.82) is 0 Å². The van der Waals surface area contributed by atoms with Crippen LogP contribution in [0.4, 0.5) is 0 Å². The molecule has 0 amide bonds. The van der Waals surface area contributed by atoms with Gasteiger partial charge in [-0.3, -0.25) is 4.90 Å². The van der Waals surface area contributed by atoms with E-state index in [-0.39, 0.29) is 6.79 Å². The summed E-state index contributed by atoms with van der Waals surface area (Å²) in [5.74, 6) is 1.56. The van der Waals surface area contributed by atoms with Gasteiger partial charge in [-0.25, -0.2) is 4.68 Å². The number of likely N-dealkylation sites (N-methyl/N-ethyl adjacent to an activating group) is 1. The quantitative estimate of drug-likeness (QED) is 0.613. The van der Waals surface area contributed by atoms with Crippen LogP contribution in [0, 0.1) is 0 Å². The number of hydrogen-bond donors (Lipinski definition) is 0. The molecule has 1 fully saturated rings. The molecule has 1 saturated heterocycles. The maximum atomic E-state index is 5.93. The molecule has 1 unspecified atom stereocenters. The van der Waals surface area contributed by atoms with Crippen molar-refractivity contribution >= 4 is 0 Å². The second kappa shape index (κ2) is 8.50. The van der Waals surface area contributed by atoms with Crippen molar-refractivity contribution < 1.29 is 14.2 Å². The predicted octanol–water partition coefficient (Wildman–Crippen LogP) is 4.27.